The first kappa shape index (κ1) is 14.8. The van der Waals surface area contributed by atoms with Crippen LogP contribution in [-0.4, -0.2) is 31.7 Å². The zero-order chi connectivity index (χ0) is 14.4. The summed E-state index contributed by atoms with van der Waals surface area (Å²) in [5, 5.41) is 0. The summed E-state index contributed by atoms with van der Waals surface area (Å²) in [5.41, 5.74) is 5.33. The fourth-order valence-electron chi connectivity index (χ4n) is 1.34. The zero-order valence-electron chi connectivity index (χ0n) is 11.1. The van der Waals surface area contributed by atoms with E-state index in [1.165, 1.54) is 25.3 Å². The Hall–Kier alpha value is -2.24. The van der Waals surface area contributed by atoms with Crippen LogP contribution in [0.25, 0.3) is 0 Å². The van der Waals surface area contributed by atoms with Crippen molar-refractivity contribution in [2.24, 2.45) is 5.73 Å². The highest BCUT2D eigenvalue weighted by Gasteiger charge is 2.13. The maximum atomic E-state index is 11.7. The molecular formula is C13H17NO5. The molecule has 6 nitrogen and oxygen atoms in total. The van der Waals surface area contributed by atoms with Gasteiger partial charge < -0.3 is 19.9 Å². The molecule has 1 aromatic carbocycles. The van der Waals surface area contributed by atoms with Crippen LogP contribution in [-0.2, 0) is 9.53 Å². The average Bonchev–Trinajstić information content (AvgIpc) is 2.35. The smallest absolute Gasteiger partial charge is 0.338 e. The first-order valence-corrected chi connectivity index (χ1v) is 5.74. The number of methoxy groups -OCH3 is 1. The molecule has 0 aliphatic heterocycles. The lowest BCUT2D eigenvalue weighted by molar-refractivity contribution is -0.119. The van der Waals surface area contributed by atoms with Gasteiger partial charge in [0.1, 0.15) is 0 Å². The van der Waals surface area contributed by atoms with E-state index in [4.69, 9.17) is 19.9 Å². The molecule has 0 bridgehead atoms. The molecule has 0 aromatic heterocycles. The molecule has 0 fully saturated rings. The molecule has 1 rings (SSSR count). The van der Waals surface area contributed by atoms with E-state index in [0.717, 1.165) is 0 Å². The van der Waals surface area contributed by atoms with Crippen LogP contribution in [0.3, 0.4) is 0 Å². The molecule has 0 heterocycles. The van der Waals surface area contributed by atoms with Gasteiger partial charge in [-0.2, -0.15) is 0 Å². The second-order valence-electron chi connectivity index (χ2n) is 4.07. The SMILES string of the molecule is COc1cc(C(=O)OC(C)C)ccc1OCC(N)=O. The Bertz CT molecular complexity index is 470. The number of hydrogen-bond acceptors (Lipinski definition) is 5. The van der Waals surface area contributed by atoms with E-state index in [2.05, 4.69) is 0 Å². The lowest BCUT2D eigenvalue weighted by Crippen LogP contribution is -2.20. The van der Waals surface area contributed by atoms with Gasteiger partial charge in [0.05, 0.1) is 18.8 Å². The van der Waals surface area contributed by atoms with Crippen LogP contribution in [0.4, 0.5) is 0 Å². The summed E-state index contributed by atoms with van der Waals surface area (Å²) in [7, 11) is 1.43. The Balaban J connectivity index is 2.89. The van der Waals surface area contributed by atoms with Crippen LogP contribution in [0.5, 0.6) is 11.5 Å². The number of carbonyl (C=O) groups is 2. The monoisotopic (exact) mass is 267 g/mol. The van der Waals surface area contributed by atoms with Crippen molar-refractivity contribution in [2.45, 2.75) is 20.0 Å². The van der Waals surface area contributed by atoms with E-state index in [-0.39, 0.29) is 12.7 Å². The van der Waals surface area contributed by atoms with Gasteiger partial charge in [0.2, 0.25) is 0 Å². The van der Waals surface area contributed by atoms with Crippen LogP contribution in [0.1, 0.15) is 24.2 Å². The first-order chi connectivity index (χ1) is 8.93. The number of carbonyl (C=O) groups excluding carboxylic acids is 2. The van der Waals surface area contributed by atoms with Gasteiger partial charge >= 0.3 is 5.97 Å². The van der Waals surface area contributed by atoms with E-state index < -0.39 is 11.9 Å². The number of amides is 1. The van der Waals surface area contributed by atoms with Crippen LogP contribution < -0.4 is 15.2 Å². The van der Waals surface area contributed by atoms with Crippen LogP contribution in [0.2, 0.25) is 0 Å². The second kappa shape index (κ2) is 6.63. The fourth-order valence-corrected chi connectivity index (χ4v) is 1.34. The van der Waals surface area contributed by atoms with Gasteiger partial charge in [0.25, 0.3) is 5.91 Å². The third-order valence-electron chi connectivity index (χ3n) is 2.11. The number of hydrogen-bond donors (Lipinski definition) is 1. The summed E-state index contributed by atoms with van der Waals surface area (Å²) in [5.74, 6) is -0.373. The molecule has 1 aromatic rings. The molecule has 0 saturated heterocycles. The standard InChI is InChI=1S/C13H17NO5/c1-8(2)19-13(16)9-4-5-10(11(6-9)17-3)18-7-12(14)15/h4-6,8H,7H2,1-3H3,(H2,14,15). The summed E-state index contributed by atoms with van der Waals surface area (Å²) in [6.07, 6.45) is -0.204. The Morgan fingerprint density at radius 3 is 2.47 bits per heavy atom. The third kappa shape index (κ3) is 4.50. The summed E-state index contributed by atoms with van der Waals surface area (Å²) in [6, 6.07) is 4.54. The van der Waals surface area contributed by atoms with Gasteiger partial charge in [-0.3, -0.25) is 4.79 Å². The minimum absolute atomic E-state index is 0.204. The molecule has 1 amide bonds. The van der Waals surface area contributed by atoms with E-state index in [9.17, 15) is 9.59 Å². The van der Waals surface area contributed by atoms with Gasteiger partial charge in [-0.1, -0.05) is 0 Å². The molecule has 0 aliphatic carbocycles. The molecule has 0 atom stereocenters. The predicted molar refractivity (Wildman–Crippen MR) is 68.2 cm³/mol. The molecular weight excluding hydrogens is 250 g/mol. The summed E-state index contributed by atoms with van der Waals surface area (Å²) in [4.78, 5) is 22.4. The topological polar surface area (TPSA) is 87.8 Å². The minimum atomic E-state index is -0.592. The summed E-state index contributed by atoms with van der Waals surface area (Å²) in [6.45, 7) is 3.27. The zero-order valence-corrected chi connectivity index (χ0v) is 11.1. The molecule has 0 radical (unpaired) electrons. The number of rotatable bonds is 6. The highest BCUT2D eigenvalue weighted by atomic mass is 16.5. The number of primary amides is 1. The lowest BCUT2D eigenvalue weighted by Gasteiger charge is -2.12. The number of nitrogens with two attached hydrogens (primary N) is 1. The maximum Gasteiger partial charge on any atom is 0.338 e. The molecule has 6 heteroatoms. The molecule has 104 valence electrons. The molecule has 2 N–H and O–H groups in total. The normalized spacial score (nSPS) is 10.1. The van der Waals surface area contributed by atoms with Crippen LogP contribution in [0, 0.1) is 0 Å². The van der Waals surface area contributed by atoms with E-state index in [1.807, 2.05) is 0 Å². The first-order valence-electron chi connectivity index (χ1n) is 5.74. The minimum Gasteiger partial charge on any atom is -0.493 e. The quantitative estimate of drug-likeness (QED) is 0.780. The van der Waals surface area contributed by atoms with Gasteiger partial charge in [-0.15, -0.1) is 0 Å². The second-order valence-corrected chi connectivity index (χ2v) is 4.07. The average molecular weight is 267 g/mol. The molecule has 0 spiro atoms. The summed E-state index contributed by atoms with van der Waals surface area (Å²) < 4.78 is 15.3. The third-order valence-corrected chi connectivity index (χ3v) is 2.11. The van der Waals surface area contributed by atoms with Gasteiger partial charge in [0.15, 0.2) is 18.1 Å². The van der Waals surface area contributed by atoms with Crippen molar-refractivity contribution in [3.63, 3.8) is 0 Å². The lowest BCUT2D eigenvalue weighted by atomic mass is 10.2. The predicted octanol–water partition coefficient (Wildman–Crippen LogP) is 1.12. The Kier molecular flexibility index (Phi) is 5.17. The van der Waals surface area contributed by atoms with Crippen molar-refractivity contribution in [3.8, 4) is 11.5 Å². The molecule has 0 unspecified atom stereocenters. The van der Waals surface area contributed by atoms with Crippen molar-refractivity contribution in [3.05, 3.63) is 23.8 Å². The van der Waals surface area contributed by atoms with Crippen molar-refractivity contribution in [1.82, 2.24) is 0 Å². The number of benzene rings is 1. The van der Waals surface area contributed by atoms with Crippen molar-refractivity contribution >= 4 is 11.9 Å². The van der Waals surface area contributed by atoms with E-state index in [1.54, 1.807) is 13.8 Å². The molecule has 0 aliphatic rings. The molecule has 0 saturated carbocycles. The Labute approximate surface area is 111 Å². The van der Waals surface area contributed by atoms with Crippen LogP contribution in [0.15, 0.2) is 18.2 Å². The fraction of sp³-hybridized carbons (Fsp3) is 0.385. The Morgan fingerprint density at radius 2 is 1.95 bits per heavy atom. The highest BCUT2D eigenvalue weighted by Crippen LogP contribution is 2.28. The Morgan fingerprint density at radius 1 is 1.26 bits per heavy atom. The highest BCUT2D eigenvalue weighted by molar-refractivity contribution is 5.90. The largest absolute Gasteiger partial charge is 0.493 e. The van der Waals surface area contributed by atoms with Gasteiger partial charge in [-0.05, 0) is 32.0 Å². The van der Waals surface area contributed by atoms with Crippen molar-refractivity contribution in [1.29, 1.82) is 0 Å². The summed E-state index contributed by atoms with van der Waals surface area (Å²) >= 11 is 0. The number of ether oxygens (including phenoxy) is 3. The molecule has 19 heavy (non-hydrogen) atoms. The van der Waals surface area contributed by atoms with Crippen molar-refractivity contribution < 1.29 is 23.8 Å². The van der Waals surface area contributed by atoms with Crippen LogP contribution >= 0.6 is 0 Å². The maximum absolute atomic E-state index is 11.7. The van der Waals surface area contributed by atoms with Gasteiger partial charge in [-0.25, -0.2) is 4.79 Å². The number of esters is 1. The van der Waals surface area contributed by atoms with Crippen molar-refractivity contribution in [2.75, 3.05) is 13.7 Å². The van der Waals surface area contributed by atoms with Gasteiger partial charge in [0, 0.05) is 0 Å². The van der Waals surface area contributed by atoms with E-state index in [0.29, 0.717) is 17.1 Å². The van der Waals surface area contributed by atoms with E-state index >= 15 is 0 Å².